The van der Waals surface area contributed by atoms with E-state index in [1.165, 1.54) is 19.2 Å². The lowest BCUT2D eigenvalue weighted by Crippen LogP contribution is -2.36. The Morgan fingerprint density at radius 3 is 2.40 bits per heavy atom. The van der Waals surface area contributed by atoms with Gasteiger partial charge in [0, 0.05) is 19.5 Å². The minimum atomic E-state index is -3.72. The number of para-hydroxylation sites is 1. The Balaban J connectivity index is 2.08. The van der Waals surface area contributed by atoms with Gasteiger partial charge in [0.15, 0.2) is 0 Å². The van der Waals surface area contributed by atoms with E-state index in [-0.39, 0.29) is 17.2 Å². The van der Waals surface area contributed by atoms with Gasteiger partial charge < -0.3 is 10.1 Å². The van der Waals surface area contributed by atoms with Crippen molar-refractivity contribution in [1.29, 1.82) is 0 Å². The SMILES string of the molecule is CNC(=O)C[C@@H](C)NS(=O)(=O)c1ccc(Oc2ccccc2Cl)cc1. The van der Waals surface area contributed by atoms with Gasteiger partial charge in [-0.1, -0.05) is 23.7 Å². The molecule has 1 atom stereocenters. The second-order valence-corrected chi connectivity index (χ2v) is 7.52. The predicted molar refractivity (Wildman–Crippen MR) is 96.4 cm³/mol. The van der Waals surface area contributed by atoms with Crippen molar-refractivity contribution >= 4 is 27.5 Å². The van der Waals surface area contributed by atoms with E-state index in [0.717, 1.165) is 0 Å². The first kappa shape index (κ1) is 19.2. The van der Waals surface area contributed by atoms with Crippen LogP contribution in [0.3, 0.4) is 0 Å². The molecule has 0 saturated heterocycles. The summed E-state index contributed by atoms with van der Waals surface area (Å²) < 4.78 is 32.8. The first-order valence-corrected chi connectivity index (χ1v) is 9.43. The average Bonchev–Trinajstić information content (AvgIpc) is 2.56. The fourth-order valence-corrected chi connectivity index (χ4v) is 3.51. The second-order valence-electron chi connectivity index (χ2n) is 5.40. The summed E-state index contributed by atoms with van der Waals surface area (Å²) in [6.45, 7) is 1.63. The number of rotatable bonds is 7. The quantitative estimate of drug-likeness (QED) is 0.771. The third kappa shape index (κ3) is 5.45. The van der Waals surface area contributed by atoms with Gasteiger partial charge in [-0.25, -0.2) is 13.1 Å². The molecule has 134 valence electrons. The van der Waals surface area contributed by atoms with E-state index in [1.807, 2.05) is 0 Å². The van der Waals surface area contributed by atoms with Crippen LogP contribution in [0, 0.1) is 0 Å². The van der Waals surface area contributed by atoms with Crippen molar-refractivity contribution < 1.29 is 17.9 Å². The number of halogens is 1. The van der Waals surface area contributed by atoms with Gasteiger partial charge in [0.05, 0.1) is 9.92 Å². The number of amides is 1. The highest BCUT2D eigenvalue weighted by Crippen LogP contribution is 2.29. The van der Waals surface area contributed by atoms with E-state index >= 15 is 0 Å². The fraction of sp³-hybridized carbons (Fsp3) is 0.235. The third-order valence-corrected chi connectivity index (χ3v) is 5.24. The summed E-state index contributed by atoms with van der Waals surface area (Å²) in [7, 11) is -2.22. The number of hydrogen-bond acceptors (Lipinski definition) is 4. The van der Waals surface area contributed by atoms with Crippen LogP contribution in [-0.2, 0) is 14.8 Å². The zero-order valence-electron chi connectivity index (χ0n) is 13.8. The van der Waals surface area contributed by atoms with Crippen LogP contribution in [0.5, 0.6) is 11.5 Å². The van der Waals surface area contributed by atoms with Crippen molar-refractivity contribution in [2.24, 2.45) is 0 Å². The van der Waals surface area contributed by atoms with Crippen LogP contribution in [-0.4, -0.2) is 27.4 Å². The number of sulfonamides is 1. The Kier molecular flexibility index (Phi) is 6.41. The molecule has 0 spiro atoms. The largest absolute Gasteiger partial charge is 0.456 e. The van der Waals surface area contributed by atoms with Crippen molar-refractivity contribution in [2.45, 2.75) is 24.3 Å². The molecule has 2 aromatic rings. The van der Waals surface area contributed by atoms with Gasteiger partial charge in [-0.3, -0.25) is 4.79 Å². The summed E-state index contributed by atoms with van der Waals surface area (Å²) >= 11 is 6.03. The highest BCUT2D eigenvalue weighted by molar-refractivity contribution is 7.89. The summed E-state index contributed by atoms with van der Waals surface area (Å²) in [5, 5.41) is 2.92. The number of carbonyl (C=O) groups excluding carboxylic acids is 1. The fourth-order valence-electron chi connectivity index (χ4n) is 2.10. The number of benzene rings is 2. The van der Waals surface area contributed by atoms with Crippen LogP contribution >= 0.6 is 11.6 Å². The summed E-state index contributed by atoms with van der Waals surface area (Å²) in [4.78, 5) is 11.4. The van der Waals surface area contributed by atoms with Crippen LogP contribution in [0.25, 0.3) is 0 Å². The van der Waals surface area contributed by atoms with Crippen LogP contribution in [0.2, 0.25) is 5.02 Å². The number of hydrogen-bond donors (Lipinski definition) is 2. The number of carbonyl (C=O) groups is 1. The normalized spacial score (nSPS) is 12.4. The zero-order chi connectivity index (χ0) is 18.4. The summed E-state index contributed by atoms with van der Waals surface area (Å²) in [5.74, 6) is 0.709. The molecule has 0 fully saturated rings. The van der Waals surface area contributed by atoms with E-state index < -0.39 is 16.1 Å². The molecular formula is C17H19ClN2O4S. The second kappa shape index (κ2) is 8.33. The zero-order valence-corrected chi connectivity index (χ0v) is 15.4. The van der Waals surface area contributed by atoms with Gasteiger partial charge in [-0.2, -0.15) is 0 Å². The van der Waals surface area contributed by atoms with Gasteiger partial charge in [0.25, 0.3) is 0 Å². The van der Waals surface area contributed by atoms with Crippen molar-refractivity contribution in [1.82, 2.24) is 10.0 Å². The first-order chi connectivity index (χ1) is 11.8. The molecule has 0 aliphatic rings. The topological polar surface area (TPSA) is 84.5 Å². The van der Waals surface area contributed by atoms with Crippen LogP contribution < -0.4 is 14.8 Å². The van der Waals surface area contributed by atoms with Crippen molar-refractivity contribution in [2.75, 3.05) is 7.05 Å². The summed E-state index contributed by atoms with van der Waals surface area (Å²) in [5.41, 5.74) is 0. The van der Waals surface area contributed by atoms with Gasteiger partial charge >= 0.3 is 0 Å². The lowest BCUT2D eigenvalue weighted by atomic mass is 10.2. The molecule has 0 bridgehead atoms. The predicted octanol–water partition coefficient (Wildman–Crippen LogP) is 2.94. The number of ether oxygens (including phenoxy) is 1. The summed E-state index contributed by atoms with van der Waals surface area (Å²) in [6, 6.07) is 12.4. The van der Waals surface area contributed by atoms with E-state index in [4.69, 9.17) is 16.3 Å². The molecule has 0 unspecified atom stereocenters. The molecule has 25 heavy (non-hydrogen) atoms. The molecule has 0 aromatic heterocycles. The van der Waals surface area contributed by atoms with Crippen molar-refractivity contribution in [3.05, 3.63) is 53.6 Å². The van der Waals surface area contributed by atoms with Gasteiger partial charge in [-0.15, -0.1) is 0 Å². The smallest absolute Gasteiger partial charge is 0.240 e. The van der Waals surface area contributed by atoms with Gasteiger partial charge in [0.2, 0.25) is 15.9 Å². The first-order valence-electron chi connectivity index (χ1n) is 7.57. The lowest BCUT2D eigenvalue weighted by Gasteiger charge is -2.14. The minimum Gasteiger partial charge on any atom is -0.456 e. The molecule has 2 aromatic carbocycles. The molecule has 0 heterocycles. The van der Waals surface area contributed by atoms with Gasteiger partial charge in [0.1, 0.15) is 11.5 Å². The molecule has 6 nitrogen and oxygen atoms in total. The lowest BCUT2D eigenvalue weighted by molar-refractivity contribution is -0.120. The van der Waals surface area contributed by atoms with Crippen molar-refractivity contribution in [3.63, 3.8) is 0 Å². The minimum absolute atomic E-state index is 0.0590. The molecule has 0 radical (unpaired) electrons. The Morgan fingerprint density at radius 1 is 1.16 bits per heavy atom. The van der Waals surface area contributed by atoms with Crippen LogP contribution in [0.15, 0.2) is 53.4 Å². The standard InChI is InChI=1S/C17H19ClN2O4S/c1-12(11-17(21)19-2)20-25(22,23)14-9-7-13(8-10-14)24-16-6-4-3-5-15(16)18/h3-10,12,20H,11H2,1-2H3,(H,19,21)/t12-/m1/s1. The maximum atomic E-state index is 12.3. The van der Waals surface area contributed by atoms with Crippen molar-refractivity contribution in [3.8, 4) is 11.5 Å². The third-order valence-electron chi connectivity index (χ3n) is 3.33. The summed E-state index contributed by atoms with van der Waals surface area (Å²) in [6.07, 6.45) is 0.0590. The van der Waals surface area contributed by atoms with Crippen LogP contribution in [0.4, 0.5) is 0 Å². The monoisotopic (exact) mass is 382 g/mol. The Labute approximate surface area is 152 Å². The van der Waals surface area contributed by atoms with Crippen LogP contribution in [0.1, 0.15) is 13.3 Å². The molecule has 2 N–H and O–H groups in total. The van der Waals surface area contributed by atoms with E-state index in [9.17, 15) is 13.2 Å². The van der Waals surface area contributed by atoms with E-state index in [1.54, 1.807) is 43.3 Å². The molecule has 2 rings (SSSR count). The average molecular weight is 383 g/mol. The Bertz CT molecular complexity index is 838. The van der Waals surface area contributed by atoms with E-state index in [2.05, 4.69) is 10.0 Å². The highest BCUT2D eigenvalue weighted by Gasteiger charge is 2.19. The molecule has 1 amide bonds. The molecule has 0 saturated carbocycles. The molecular weight excluding hydrogens is 364 g/mol. The number of nitrogens with one attached hydrogen (secondary N) is 2. The molecule has 8 heteroatoms. The Morgan fingerprint density at radius 2 is 1.80 bits per heavy atom. The maximum absolute atomic E-state index is 12.3. The maximum Gasteiger partial charge on any atom is 0.240 e. The Hall–Kier alpha value is -2.09. The van der Waals surface area contributed by atoms with E-state index in [0.29, 0.717) is 16.5 Å². The molecule has 0 aliphatic heterocycles. The highest BCUT2D eigenvalue weighted by atomic mass is 35.5. The molecule has 0 aliphatic carbocycles. The van der Waals surface area contributed by atoms with Gasteiger partial charge in [-0.05, 0) is 43.3 Å².